The number of nitrogens with zero attached hydrogens (tertiary/aromatic N) is 1. The molecule has 2 fully saturated rings. The zero-order valence-corrected chi connectivity index (χ0v) is 9.32. The van der Waals surface area contributed by atoms with Gasteiger partial charge in [-0.25, -0.2) is 0 Å². The van der Waals surface area contributed by atoms with Crippen molar-refractivity contribution in [3.8, 4) is 0 Å². The van der Waals surface area contributed by atoms with Gasteiger partial charge in [-0.3, -0.25) is 9.59 Å². The summed E-state index contributed by atoms with van der Waals surface area (Å²) in [6, 6.07) is -0.0282. The molecule has 2 rings (SSSR count). The first-order valence-electron chi connectivity index (χ1n) is 5.91. The van der Waals surface area contributed by atoms with Crippen molar-refractivity contribution < 1.29 is 14.7 Å². The van der Waals surface area contributed by atoms with Gasteiger partial charge in [0.25, 0.3) is 0 Å². The van der Waals surface area contributed by atoms with Gasteiger partial charge in [0.05, 0.1) is 12.5 Å². The van der Waals surface area contributed by atoms with Crippen molar-refractivity contribution in [1.82, 2.24) is 10.2 Å². The molecule has 2 heterocycles. The molecule has 0 bridgehead atoms. The molecular formula is C11H18N2O3. The van der Waals surface area contributed by atoms with E-state index < -0.39 is 5.97 Å². The third-order valence-corrected chi connectivity index (χ3v) is 3.34. The summed E-state index contributed by atoms with van der Waals surface area (Å²) in [5, 5.41) is 11.8. The number of carbonyl (C=O) groups excluding carboxylic acids is 1. The third-order valence-electron chi connectivity index (χ3n) is 3.34. The molecule has 1 unspecified atom stereocenters. The number of hydrogen-bond acceptors (Lipinski definition) is 3. The van der Waals surface area contributed by atoms with Crippen LogP contribution in [0.15, 0.2) is 0 Å². The summed E-state index contributed by atoms with van der Waals surface area (Å²) in [7, 11) is 0. The first kappa shape index (κ1) is 11.4. The van der Waals surface area contributed by atoms with Gasteiger partial charge in [-0.05, 0) is 19.4 Å². The van der Waals surface area contributed by atoms with E-state index in [9.17, 15) is 9.59 Å². The predicted molar refractivity (Wildman–Crippen MR) is 58.0 cm³/mol. The monoisotopic (exact) mass is 226 g/mol. The van der Waals surface area contributed by atoms with Crippen LogP contribution in [0, 0.1) is 5.92 Å². The minimum atomic E-state index is -0.770. The summed E-state index contributed by atoms with van der Waals surface area (Å²) >= 11 is 0. The Morgan fingerprint density at radius 3 is 2.62 bits per heavy atom. The van der Waals surface area contributed by atoms with Gasteiger partial charge in [-0.1, -0.05) is 6.42 Å². The number of hydrogen-bond donors (Lipinski definition) is 2. The minimum Gasteiger partial charge on any atom is -0.481 e. The highest BCUT2D eigenvalue weighted by Gasteiger charge is 2.35. The molecule has 5 nitrogen and oxygen atoms in total. The van der Waals surface area contributed by atoms with Crippen molar-refractivity contribution in [3.05, 3.63) is 0 Å². The molecule has 0 aromatic rings. The average molecular weight is 226 g/mol. The highest BCUT2D eigenvalue weighted by Crippen LogP contribution is 2.21. The van der Waals surface area contributed by atoms with E-state index in [0.717, 1.165) is 25.8 Å². The van der Waals surface area contributed by atoms with Gasteiger partial charge >= 0.3 is 5.97 Å². The van der Waals surface area contributed by atoms with Crippen LogP contribution in [0.5, 0.6) is 0 Å². The molecule has 2 saturated heterocycles. The summed E-state index contributed by atoms with van der Waals surface area (Å²) in [6.07, 6.45) is 3.35. The topological polar surface area (TPSA) is 69.6 Å². The number of piperidine rings is 1. The molecule has 1 amide bonds. The summed E-state index contributed by atoms with van der Waals surface area (Å²) in [4.78, 5) is 24.2. The fourth-order valence-electron chi connectivity index (χ4n) is 2.41. The number of carboxylic acids is 1. The zero-order chi connectivity index (χ0) is 11.5. The standard InChI is InChI=1S/C11H18N2O3/c14-10(15)5-8-6-13(7-8)11(16)9-3-1-2-4-12-9/h8-9,12H,1-7H2,(H,14,15). The Kier molecular flexibility index (Phi) is 3.43. The maximum Gasteiger partial charge on any atom is 0.303 e. The summed E-state index contributed by atoms with van der Waals surface area (Å²) < 4.78 is 0. The molecule has 5 heteroatoms. The van der Waals surface area contributed by atoms with Gasteiger partial charge in [0, 0.05) is 19.0 Å². The van der Waals surface area contributed by atoms with Gasteiger partial charge < -0.3 is 15.3 Å². The second-order valence-electron chi connectivity index (χ2n) is 4.71. The van der Waals surface area contributed by atoms with Crippen LogP contribution < -0.4 is 5.32 Å². The highest BCUT2D eigenvalue weighted by atomic mass is 16.4. The fourth-order valence-corrected chi connectivity index (χ4v) is 2.41. The number of carbonyl (C=O) groups is 2. The Balaban J connectivity index is 1.74. The largest absolute Gasteiger partial charge is 0.481 e. The van der Waals surface area contributed by atoms with Crippen LogP contribution in [0.25, 0.3) is 0 Å². The molecule has 1 atom stereocenters. The first-order chi connectivity index (χ1) is 7.66. The average Bonchev–Trinajstić information content (AvgIpc) is 2.23. The molecule has 0 aromatic heterocycles. The number of aliphatic carboxylic acids is 1. The van der Waals surface area contributed by atoms with Crippen molar-refractivity contribution >= 4 is 11.9 Å². The van der Waals surface area contributed by atoms with Crippen LogP contribution >= 0.6 is 0 Å². The Labute approximate surface area is 94.8 Å². The van der Waals surface area contributed by atoms with E-state index in [1.54, 1.807) is 4.90 Å². The van der Waals surface area contributed by atoms with Gasteiger partial charge in [-0.15, -0.1) is 0 Å². The third kappa shape index (κ3) is 2.52. The quantitative estimate of drug-likeness (QED) is 0.714. The lowest BCUT2D eigenvalue weighted by atomic mass is 9.94. The molecule has 0 aromatic carbocycles. The Morgan fingerprint density at radius 1 is 1.31 bits per heavy atom. The van der Waals surface area contributed by atoms with Crippen LogP contribution in [0.3, 0.4) is 0 Å². The van der Waals surface area contributed by atoms with E-state index in [1.165, 1.54) is 0 Å². The van der Waals surface area contributed by atoms with E-state index in [2.05, 4.69) is 5.32 Å². The summed E-state index contributed by atoms with van der Waals surface area (Å²) in [5.41, 5.74) is 0. The van der Waals surface area contributed by atoms with Crippen molar-refractivity contribution in [2.75, 3.05) is 19.6 Å². The van der Waals surface area contributed by atoms with Gasteiger partial charge in [0.15, 0.2) is 0 Å². The lowest BCUT2D eigenvalue weighted by molar-refractivity contribution is -0.146. The molecule has 2 aliphatic rings. The van der Waals surface area contributed by atoms with Gasteiger partial charge in [-0.2, -0.15) is 0 Å². The highest BCUT2D eigenvalue weighted by molar-refractivity contribution is 5.83. The van der Waals surface area contributed by atoms with Crippen LogP contribution in [-0.4, -0.2) is 47.6 Å². The number of likely N-dealkylation sites (tertiary alicyclic amines) is 1. The van der Waals surface area contributed by atoms with Crippen LogP contribution in [0.2, 0.25) is 0 Å². The molecule has 90 valence electrons. The Morgan fingerprint density at radius 2 is 2.06 bits per heavy atom. The molecule has 2 aliphatic heterocycles. The first-order valence-corrected chi connectivity index (χ1v) is 5.91. The van der Waals surface area contributed by atoms with Crippen LogP contribution in [-0.2, 0) is 9.59 Å². The Bertz CT molecular complexity index is 281. The van der Waals surface area contributed by atoms with E-state index >= 15 is 0 Å². The molecule has 2 N–H and O–H groups in total. The molecule has 0 saturated carbocycles. The van der Waals surface area contributed by atoms with E-state index in [-0.39, 0.29) is 24.3 Å². The van der Waals surface area contributed by atoms with E-state index in [1.807, 2.05) is 0 Å². The number of rotatable bonds is 3. The predicted octanol–water partition coefficient (Wildman–Crippen LogP) is 0.0616. The second kappa shape index (κ2) is 4.82. The number of amides is 1. The zero-order valence-electron chi connectivity index (χ0n) is 9.32. The van der Waals surface area contributed by atoms with Crippen LogP contribution in [0.4, 0.5) is 0 Å². The molecule has 16 heavy (non-hydrogen) atoms. The second-order valence-corrected chi connectivity index (χ2v) is 4.71. The number of nitrogens with one attached hydrogen (secondary N) is 1. The van der Waals surface area contributed by atoms with E-state index in [4.69, 9.17) is 5.11 Å². The molecular weight excluding hydrogens is 208 g/mol. The molecule has 0 spiro atoms. The van der Waals surface area contributed by atoms with Gasteiger partial charge in [0.1, 0.15) is 0 Å². The summed E-state index contributed by atoms with van der Waals surface area (Å²) in [6.45, 7) is 2.15. The van der Waals surface area contributed by atoms with Crippen molar-refractivity contribution in [2.24, 2.45) is 5.92 Å². The maximum atomic E-state index is 11.9. The normalized spacial score (nSPS) is 26.2. The Hall–Kier alpha value is -1.10. The SMILES string of the molecule is O=C(O)CC1CN(C(=O)C2CCCCN2)C1. The smallest absolute Gasteiger partial charge is 0.303 e. The fraction of sp³-hybridized carbons (Fsp3) is 0.818. The lowest BCUT2D eigenvalue weighted by Crippen LogP contribution is -2.57. The lowest BCUT2D eigenvalue weighted by Gasteiger charge is -2.41. The maximum absolute atomic E-state index is 11.9. The minimum absolute atomic E-state index is 0.0282. The van der Waals surface area contributed by atoms with Gasteiger partial charge in [0.2, 0.25) is 5.91 Å². The van der Waals surface area contributed by atoms with Crippen molar-refractivity contribution in [3.63, 3.8) is 0 Å². The van der Waals surface area contributed by atoms with Crippen molar-refractivity contribution in [1.29, 1.82) is 0 Å². The summed E-state index contributed by atoms with van der Waals surface area (Å²) in [5.74, 6) is -0.459. The van der Waals surface area contributed by atoms with Crippen molar-refractivity contribution in [2.45, 2.75) is 31.7 Å². The molecule has 0 aliphatic carbocycles. The molecule has 0 radical (unpaired) electrons. The van der Waals surface area contributed by atoms with Crippen LogP contribution in [0.1, 0.15) is 25.7 Å². The van der Waals surface area contributed by atoms with E-state index in [0.29, 0.717) is 13.1 Å². The number of carboxylic acid groups (broad SMARTS) is 1.